The van der Waals surface area contributed by atoms with E-state index in [1.165, 1.54) is 16.7 Å². The number of hydrogen-bond acceptors (Lipinski definition) is 3. The van der Waals surface area contributed by atoms with Gasteiger partial charge in [0.15, 0.2) is 0 Å². The van der Waals surface area contributed by atoms with Crippen molar-refractivity contribution in [1.82, 2.24) is 9.55 Å². The van der Waals surface area contributed by atoms with Gasteiger partial charge in [0.25, 0.3) is 0 Å². The molecule has 4 rings (SSSR count). The Morgan fingerprint density at radius 3 is 3.00 bits per heavy atom. The second-order valence-electron chi connectivity index (χ2n) is 5.81. The summed E-state index contributed by atoms with van der Waals surface area (Å²) < 4.78 is 13.2. The van der Waals surface area contributed by atoms with Crippen molar-refractivity contribution in [1.29, 1.82) is 0 Å². The van der Waals surface area contributed by atoms with Crippen molar-refractivity contribution in [3.8, 4) is 11.4 Å². The minimum atomic E-state index is 0.666. The molecule has 0 amide bonds. The highest BCUT2D eigenvalue weighted by atomic mass is 16.5. The van der Waals surface area contributed by atoms with Crippen LogP contribution >= 0.6 is 0 Å². The molecule has 4 heteroatoms. The molecule has 0 spiro atoms. The molecule has 118 valence electrons. The van der Waals surface area contributed by atoms with E-state index in [2.05, 4.69) is 41.0 Å². The summed E-state index contributed by atoms with van der Waals surface area (Å²) in [6, 6.07) is 14.7. The summed E-state index contributed by atoms with van der Waals surface area (Å²) >= 11 is 0. The van der Waals surface area contributed by atoms with E-state index in [1.54, 1.807) is 7.11 Å². The van der Waals surface area contributed by atoms with Crippen LogP contribution in [0, 0.1) is 0 Å². The fourth-order valence-electron chi connectivity index (χ4n) is 3.30. The van der Waals surface area contributed by atoms with Crippen molar-refractivity contribution in [2.75, 3.05) is 20.3 Å². The molecule has 0 aliphatic carbocycles. The van der Waals surface area contributed by atoms with Crippen molar-refractivity contribution < 1.29 is 9.47 Å². The number of imidazole rings is 1. The molecule has 3 aromatic rings. The largest absolute Gasteiger partial charge is 0.383 e. The molecule has 4 nitrogen and oxygen atoms in total. The van der Waals surface area contributed by atoms with Gasteiger partial charge in [0.05, 0.1) is 30.9 Å². The molecule has 0 N–H and O–H groups in total. The van der Waals surface area contributed by atoms with Gasteiger partial charge in [-0.3, -0.25) is 0 Å². The summed E-state index contributed by atoms with van der Waals surface area (Å²) in [4.78, 5) is 4.90. The SMILES string of the molecule is COCCn1c(-c2cccc3c2COCC3)nc2ccccc21. The van der Waals surface area contributed by atoms with E-state index in [1.807, 2.05) is 6.07 Å². The van der Waals surface area contributed by atoms with Gasteiger partial charge in [0, 0.05) is 19.2 Å². The molecule has 0 fully saturated rings. The Hall–Kier alpha value is -2.17. The zero-order valence-corrected chi connectivity index (χ0v) is 13.3. The molecular weight excluding hydrogens is 288 g/mol. The first-order chi connectivity index (χ1) is 11.4. The lowest BCUT2D eigenvalue weighted by Crippen LogP contribution is -2.13. The van der Waals surface area contributed by atoms with Crippen LogP contribution < -0.4 is 0 Å². The Balaban J connectivity index is 1.91. The zero-order chi connectivity index (χ0) is 15.6. The molecule has 0 radical (unpaired) electrons. The van der Waals surface area contributed by atoms with E-state index in [-0.39, 0.29) is 0 Å². The standard InChI is InChI=1S/C19H20N2O2/c1-22-12-10-21-18-8-3-2-7-17(18)20-19(21)15-6-4-5-14-9-11-23-13-16(14)15/h2-8H,9-13H2,1H3. The van der Waals surface area contributed by atoms with Crippen LogP contribution in [0.1, 0.15) is 11.1 Å². The summed E-state index contributed by atoms with van der Waals surface area (Å²) in [6.07, 6.45) is 0.974. The zero-order valence-electron chi connectivity index (χ0n) is 13.3. The molecule has 0 saturated carbocycles. The van der Waals surface area contributed by atoms with Crippen LogP contribution in [-0.4, -0.2) is 29.9 Å². The van der Waals surface area contributed by atoms with E-state index in [0.29, 0.717) is 13.2 Å². The number of ether oxygens (including phenoxy) is 2. The number of methoxy groups -OCH3 is 1. The number of benzene rings is 2. The van der Waals surface area contributed by atoms with Crippen LogP contribution in [-0.2, 0) is 29.0 Å². The predicted molar refractivity (Wildman–Crippen MR) is 90.4 cm³/mol. The van der Waals surface area contributed by atoms with Crippen LogP contribution in [0.15, 0.2) is 42.5 Å². The summed E-state index contributed by atoms with van der Waals surface area (Å²) in [7, 11) is 1.73. The van der Waals surface area contributed by atoms with E-state index >= 15 is 0 Å². The summed E-state index contributed by atoms with van der Waals surface area (Å²) in [5.74, 6) is 1.01. The lowest BCUT2D eigenvalue weighted by molar-refractivity contribution is 0.111. The molecule has 1 aliphatic rings. The van der Waals surface area contributed by atoms with E-state index in [0.717, 1.165) is 36.4 Å². The monoisotopic (exact) mass is 308 g/mol. The lowest BCUT2D eigenvalue weighted by atomic mass is 9.97. The Bertz CT molecular complexity index is 839. The molecule has 0 saturated heterocycles. The van der Waals surface area contributed by atoms with Crippen molar-refractivity contribution in [3.05, 3.63) is 53.6 Å². The number of fused-ring (bicyclic) bond motifs is 2. The molecule has 0 atom stereocenters. The fourth-order valence-corrected chi connectivity index (χ4v) is 3.30. The number of para-hydroxylation sites is 2. The third-order valence-electron chi connectivity index (χ3n) is 4.45. The Morgan fingerprint density at radius 2 is 2.09 bits per heavy atom. The minimum Gasteiger partial charge on any atom is -0.383 e. The average Bonchev–Trinajstić information content (AvgIpc) is 2.98. The first-order valence-corrected chi connectivity index (χ1v) is 8.01. The molecule has 0 bridgehead atoms. The van der Waals surface area contributed by atoms with Gasteiger partial charge in [-0.2, -0.15) is 0 Å². The molecule has 0 unspecified atom stereocenters. The second kappa shape index (κ2) is 6.14. The van der Waals surface area contributed by atoms with E-state index < -0.39 is 0 Å². The fraction of sp³-hybridized carbons (Fsp3) is 0.316. The lowest BCUT2D eigenvalue weighted by Gasteiger charge is -2.20. The maximum Gasteiger partial charge on any atom is 0.141 e. The van der Waals surface area contributed by atoms with Gasteiger partial charge < -0.3 is 14.0 Å². The van der Waals surface area contributed by atoms with E-state index in [4.69, 9.17) is 14.5 Å². The Morgan fingerprint density at radius 1 is 1.17 bits per heavy atom. The average molecular weight is 308 g/mol. The topological polar surface area (TPSA) is 36.3 Å². The number of nitrogens with zero attached hydrogens (tertiary/aromatic N) is 2. The highest BCUT2D eigenvalue weighted by Crippen LogP contribution is 2.31. The number of aromatic nitrogens is 2. The highest BCUT2D eigenvalue weighted by Gasteiger charge is 2.19. The first-order valence-electron chi connectivity index (χ1n) is 8.01. The number of hydrogen-bond donors (Lipinski definition) is 0. The van der Waals surface area contributed by atoms with Crippen LogP contribution in [0.25, 0.3) is 22.4 Å². The van der Waals surface area contributed by atoms with Crippen molar-refractivity contribution in [2.24, 2.45) is 0 Å². The van der Waals surface area contributed by atoms with Crippen molar-refractivity contribution in [3.63, 3.8) is 0 Å². The summed E-state index contributed by atoms with van der Waals surface area (Å²) in [5.41, 5.74) is 5.99. The Labute approximate surface area is 135 Å². The predicted octanol–water partition coefficient (Wildman–Crippen LogP) is 3.42. The molecule has 2 aromatic carbocycles. The van der Waals surface area contributed by atoms with Crippen LogP contribution in [0.2, 0.25) is 0 Å². The maximum absolute atomic E-state index is 5.69. The van der Waals surface area contributed by atoms with Gasteiger partial charge in [-0.05, 0) is 29.7 Å². The molecule has 1 aromatic heterocycles. The third-order valence-corrected chi connectivity index (χ3v) is 4.45. The van der Waals surface area contributed by atoms with Crippen LogP contribution in [0.4, 0.5) is 0 Å². The van der Waals surface area contributed by atoms with Crippen LogP contribution in [0.5, 0.6) is 0 Å². The molecule has 23 heavy (non-hydrogen) atoms. The number of rotatable bonds is 4. The molecule has 1 aliphatic heterocycles. The Kier molecular flexibility index (Phi) is 3.85. The minimum absolute atomic E-state index is 0.666. The normalized spacial score (nSPS) is 14.1. The summed E-state index contributed by atoms with van der Waals surface area (Å²) in [6.45, 7) is 2.92. The van der Waals surface area contributed by atoms with Gasteiger partial charge in [0.2, 0.25) is 0 Å². The van der Waals surface area contributed by atoms with Crippen molar-refractivity contribution in [2.45, 2.75) is 19.6 Å². The van der Waals surface area contributed by atoms with Gasteiger partial charge >= 0.3 is 0 Å². The van der Waals surface area contributed by atoms with Gasteiger partial charge in [-0.25, -0.2) is 4.98 Å². The molecule has 2 heterocycles. The summed E-state index contributed by atoms with van der Waals surface area (Å²) in [5, 5.41) is 0. The first kappa shape index (κ1) is 14.4. The van der Waals surface area contributed by atoms with Crippen molar-refractivity contribution >= 4 is 11.0 Å². The second-order valence-corrected chi connectivity index (χ2v) is 5.81. The third kappa shape index (κ3) is 2.54. The van der Waals surface area contributed by atoms with Crippen LogP contribution in [0.3, 0.4) is 0 Å². The highest BCUT2D eigenvalue weighted by molar-refractivity contribution is 5.81. The van der Waals surface area contributed by atoms with E-state index in [9.17, 15) is 0 Å². The smallest absolute Gasteiger partial charge is 0.141 e. The van der Waals surface area contributed by atoms with Gasteiger partial charge in [-0.1, -0.05) is 30.3 Å². The molecular formula is C19H20N2O2. The quantitative estimate of drug-likeness (QED) is 0.741. The van der Waals surface area contributed by atoms with Gasteiger partial charge in [0.1, 0.15) is 5.82 Å². The maximum atomic E-state index is 5.69. The van der Waals surface area contributed by atoms with Gasteiger partial charge in [-0.15, -0.1) is 0 Å².